The van der Waals surface area contributed by atoms with Crippen LogP contribution in [0.4, 0.5) is 15.3 Å². The lowest BCUT2D eigenvalue weighted by Crippen LogP contribution is -2.50. The Bertz CT molecular complexity index is 1630. The number of hydrogen-bond acceptors (Lipinski definition) is 7. The number of nitrogens with zero attached hydrogens (tertiary/aromatic N) is 5. The molecule has 238 valence electrons. The molecule has 4 rings (SSSR count). The maximum absolute atomic E-state index is 13.7. The van der Waals surface area contributed by atoms with Crippen LogP contribution < -0.4 is 21.1 Å². The van der Waals surface area contributed by atoms with Gasteiger partial charge in [-0.3, -0.25) is 9.69 Å². The van der Waals surface area contributed by atoms with E-state index in [1.807, 2.05) is 45.0 Å². The van der Waals surface area contributed by atoms with Gasteiger partial charge in [0.1, 0.15) is 5.60 Å². The van der Waals surface area contributed by atoms with Gasteiger partial charge >= 0.3 is 22.3 Å². The van der Waals surface area contributed by atoms with Gasteiger partial charge in [-0.2, -0.15) is 21.9 Å². The van der Waals surface area contributed by atoms with Crippen molar-refractivity contribution in [2.45, 2.75) is 70.7 Å². The molecule has 1 aromatic carbocycles. The van der Waals surface area contributed by atoms with Crippen LogP contribution >= 0.6 is 0 Å². The number of nitrogens with one attached hydrogen (secondary N) is 2. The number of benzene rings is 1. The molecule has 1 fully saturated rings. The van der Waals surface area contributed by atoms with Crippen LogP contribution in [0.1, 0.15) is 52.0 Å². The van der Waals surface area contributed by atoms with Gasteiger partial charge in [0.05, 0.1) is 6.20 Å². The van der Waals surface area contributed by atoms with E-state index in [-0.39, 0.29) is 30.2 Å². The highest BCUT2D eigenvalue weighted by Crippen LogP contribution is 2.30. The molecule has 44 heavy (non-hydrogen) atoms. The highest BCUT2D eigenvalue weighted by Gasteiger charge is 2.31. The largest absolute Gasteiger partial charge is 0.444 e. The van der Waals surface area contributed by atoms with E-state index < -0.39 is 21.9 Å². The molecular weight excluding hydrogens is 586 g/mol. The van der Waals surface area contributed by atoms with Crippen molar-refractivity contribution >= 4 is 28.0 Å². The number of anilines is 1. The molecule has 13 nitrogen and oxygen atoms in total. The zero-order chi connectivity index (χ0) is 32.2. The van der Waals surface area contributed by atoms with Gasteiger partial charge in [-0.25, -0.2) is 9.59 Å². The van der Waals surface area contributed by atoms with Crippen LogP contribution in [0.15, 0.2) is 59.8 Å². The Morgan fingerprint density at radius 3 is 2.23 bits per heavy atom. The normalized spacial score (nSPS) is 17.2. The molecule has 0 aliphatic heterocycles. The minimum atomic E-state index is -3.77. The SMILES string of the molecule is CN(C)S(=O)(=O)n1cc(CNC(=O)N(c2ccc(-c3ccc(=O)n(C)c3)cc2)C2CCC(NC(=O)OC(C)(C)C)CC2)cn1. The van der Waals surface area contributed by atoms with Crippen molar-refractivity contribution in [2.75, 3.05) is 19.0 Å². The second kappa shape index (κ2) is 13.2. The summed E-state index contributed by atoms with van der Waals surface area (Å²) in [6, 6.07) is 10.3. The van der Waals surface area contributed by atoms with E-state index in [1.54, 1.807) is 24.2 Å². The highest BCUT2D eigenvalue weighted by molar-refractivity contribution is 7.87. The van der Waals surface area contributed by atoms with Crippen LogP contribution in [-0.2, 0) is 28.5 Å². The minimum absolute atomic E-state index is 0.0670. The molecule has 1 saturated carbocycles. The molecule has 2 aromatic heterocycles. The Morgan fingerprint density at radius 1 is 1.00 bits per heavy atom. The third-order valence-electron chi connectivity index (χ3n) is 7.32. The molecule has 3 aromatic rings. The van der Waals surface area contributed by atoms with Gasteiger partial charge in [0.15, 0.2) is 0 Å². The molecule has 0 saturated heterocycles. The average molecular weight is 628 g/mol. The fourth-order valence-electron chi connectivity index (χ4n) is 5.01. The Balaban J connectivity index is 1.51. The van der Waals surface area contributed by atoms with Crippen molar-refractivity contribution in [3.05, 3.63) is 70.9 Å². The molecule has 1 aliphatic carbocycles. The summed E-state index contributed by atoms with van der Waals surface area (Å²) in [5.74, 6) is 0. The van der Waals surface area contributed by atoms with Crippen molar-refractivity contribution in [1.82, 2.24) is 28.7 Å². The summed E-state index contributed by atoms with van der Waals surface area (Å²) in [5, 5.41) is 9.80. The van der Waals surface area contributed by atoms with Crippen molar-refractivity contribution in [2.24, 2.45) is 7.05 Å². The average Bonchev–Trinajstić information content (AvgIpc) is 3.44. The topological polar surface area (TPSA) is 148 Å². The maximum Gasteiger partial charge on any atom is 0.407 e. The number of urea groups is 1. The highest BCUT2D eigenvalue weighted by atomic mass is 32.2. The monoisotopic (exact) mass is 627 g/mol. The number of carbonyl (C=O) groups is 2. The van der Waals surface area contributed by atoms with E-state index in [9.17, 15) is 22.8 Å². The van der Waals surface area contributed by atoms with Gasteiger partial charge in [0.25, 0.3) is 0 Å². The lowest BCUT2D eigenvalue weighted by Gasteiger charge is -2.37. The zero-order valence-electron chi connectivity index (χ0n) is 26.0. The first-order chi connectivity index (χ1) is 20.6. The Morgan fingerprint density at radius 2 is 1.64 bits per heavy atom. The molecule has 0 unspecified atom stereocenters. The van der Waals surface area contributed by atoms with E-state index in [4.69, 9.17) is 4.74 Å². The summed E-state index contributed by atoms with van der Waals surface area (Å²) in [6.07, 6.45) is 6.71. The van der Waals surface area contributed by atoms with E-state index in [0.29, 0.717) is 36.9 Å². The van der Waals surface area contributed by atoms with Crippen LogP contribution in [-0.4, -0.2) is 70.4 Å². The Kier molecular flexibility index (Phi) is 9.84. The van der Waals surface area contributed by atoms with E-state index in [0.717, 1.165) is 19.5 Å². The molecule has 2 N–H and O–H groups in total. The minimum Gasteiger partial charge on any atom is -0.444 e. The summed E-state index contributed by atoms with van der Waals surface area (Å²) in [4.78, 5) is 39.6. The quantitative estimate of drug-likeness (QED) is 0.389. The summed E-state index contributed by atoms with van der Waals surface area (Å²) >= 11 is 0. The third kappa shape index (κ3) is 8.05. The molecule has 0 bridgehead atoms. The number of hydrogen-bond donors (Lipinski definition) is 2. The van der Waals surface area contributed by atoms with Crippen molar-refractivity contribution in [1.29, 1.82) is 0 Å². The van der Waals surface area contributed by atoms with Gasteiger partial charge in [-0.05, 0) is 75.8 Å². The molecule has 0 radical (unpaired) electrons. The zero-order valence-corrected chi connectivity index (χ0v) is 26.8. The summed E-state index contributed by atoms with van der Waals surface area (Å²) in [7, 11) is 0.755. The van der Waals surface area contributed by atoms with Gasteiger partial charge in [-0.1, -0.05) is 12.1 Å². The third-order valence-corrected chi connectivity index (χ3v) is 8.92. The molecule has 0 spiro atoms. The van der Waals surface area contributed by atoms with Gasteiger partial charge in [-0.15, -0.1) is 0 Å². The van der Waals surface area contributed by atoms with Crippen molar-refractivity contribution in [3.63, 3.8) is 0 Å². The molecular formula is C30H41N7O6S. The van der Waals surface area contributed by atoms with Crippen LogP contribution in [0.25, 0.3) is 11.1 Å². The first kappa shape index (κ1) is 32.7. The first-order valence-electron chi connectivity index (χ1n) is 14.4. The number of alkyl carbamates (subject to hydrolysis) is 1. The number of aromatic nitrogens is 3. The van der Waals surface area contributed by atoms with Gasteiger partial charge in [0.2, 0.25) is 5.56 Å². The molecule has 3 amide bonds. The summed E-state index contributed by atoms with van der Waals surface area (Å²) in [5.41, 5.74) is 2.28. The fourth-order valence-corrected chi connectivity index (χ4v) is 5.78. The standard InChI is InChI=1S/C30H41N7O6S/c1-30(2,3)43-29(40)33-24-10-14-26(15-11-24)37(25-12-7-22(8-13-25)23-9-16-27(38)35(6)20-23)28(39)31-17-21-18-32-36(19-21)44(41,42)34(4)5/h7-9,12-13,16,18-20,24,26H,10-11,14-15,17H2,1-6H3,(H,31,39)(H,33,40). The lowest BCUT2D eigenvalue weighted by atomic mass is 9.90. The van der Waals surface area contributed by atoms with Crippen molar-refractivity contribution in [3.8, 4) is 11.1 Å². The van der Waals surface area contributed by atoms with Crippen molar-refractivity contribution < 1.29 is 22.7 Å². The molecule has 1 aliphatic rings. The Labute approximate surface area is 258 Å². The maximum atomic E-state index is 13.7. The number of pyridine rings is 1. The molecule has 14 heteroatoms. The van der Waals surface area contributed by atoms with Crippen LogP contribution in [0.2, 0.25) is 0 Å². The first-order valence-corrected chi connectivity index (χ1v) is 15.8. The number of aryl methyl sites for hydroxylation is 1. The van der Waals surface area contributed by atoms with Crippen LogP contribution in [0.5, 0.6) is 0 Å². The summed E-state index contributed by atoms with van der Waals surface area (Å²) < 4.78 is 33.6. The molecule has 0 atom stereocenters. The lowest BCUT2D eigenvalue weighted by molar-refractivity contribution is 0.0491. The second-order valence-corrected chi connectivity index (χ2v) is 14.1. The number of carbonyl (C=O) groups excluding carboxylic acids is 2. The fraction of sp³-hybridized carbons (Fsp3) is 0.467. The second-order valence-electron chi connectivity index (χ2n) is 12.1. The Hall–Kier alpha value is -4.17. The summed E-state index contributed by atoms with van der Waals surface area (Å²) in [6.45, 7) is 5.52. The van der Waals surface area contributed by atoms with E-state index >= 15 is 0 Å². The predicted molar refractivity (Wildman–Crippen MR) is 167 cm³/mol. The predicted octanol–water partition coefficient (Wildman–Crippen LogP) is 3.46. The smallest absolute Gasteiger partial charge is 0.407 e. The van der Waals surface area contributed by atoms with Gasteiger partial charge < -0.3 is 19.9 Å². The van der Waals surface area contributed by atoms with Gasteiger partial charge in [0, 0.05) is 69.5 Å². The van der Waals surface area contributed by atoms with Crippen LogP contribution in [0.3, 0.4) is 0 Å². The van der Waals surface area contributed by atoms with E-state index in [2.05, 4.69) is 15.7 Å². The number of ether oxygens (including phenoxy) is 1. The van der Waals surface area contributed by atoms with Crippen LogP contribution in [0, 0.1) is 0 Å². The molecule has 2 heterocycles. The van der Waals surface area contributed by atoms with E-state index in [1.165, 1.54) is 37.1 Å². The number of amides is 3. The number of rotatable bonds is 8.